The molecule has 2 nitrogen and oxygen atoms in total. The summed E-state index contributed by atoms with van der Waals surface area (Å²) in [5, 5.41) is 8.88. The van der Waals surface area contributed by atoms with E-state index in [1.807, 2.05) is 0 Å². The van der Waals surface area contributed by atoms with Crippen LogP contribution in [0.5, 0.6) is 5.75 Å². The summed E-state index contributed by atoms with van der Waals surface area (Å²) in [5.74, 6) is -0.00782. The third-order valence-electron chi connectivity index (χ3n) is 1.51. The highest BCUT2D eigenvalue weighted by molar-refractivity contribution is 9.11. The first kappa shape index (κ1) is 11.9. The summed E-state index contributed by atoms with van der Waals surface area (Å²) in [6.45, 7) is -3.13. The highest BCUT2D eigenvalue weighted by Gasteiger charge is 2.14. The van der Waals surface area contributed by atoms with Crippen molar-refractivity contribution in [2.24, 2.45) is 0 Å². The molecule has 0 aromatic heterocycles. The van der Waals surface area contributed by atoms with E-state index >= 15 is 0 Å². The maximum Gasteiger partial charge on any atom is 0.387 e. The molecule has 0 atom stereocenters. The van der Waals surface area contributed by atoms with Crippen molar-refractivity contribution < 1.29 is 18.6 Å². The van der Waals surface area contributed by atoms with Crippen LogP contribution < -0.4 is 4.74 Å². The van der Waals surface area contributed by atoms with Gasteiger partial charge in [0.1, 0.15) is 0 Å². The Balaban J connectivity index is 3.11. The Morgan fingerprint density at radius 2 is 2.00 bits per heavy atom. The number of rotatable bonds is 3. The van der Waals surface area contributed by atoms with Gasteiger partial charge in [-0.2, -0.15) is 8.78 Å². The van der Waals surface area contributed by atoms with Gasteiger partial charge >= 0.3 is 6.61 Å². The molecule has 0 saturated carbocycles. The molecule has 0 unspecified atom stereocenters. The Morgan fingerprint density at radius 1 is 1.36 bits per heavy atom. The normalized spacial score (nSPS) is 10.7. The number of aliphatic hydroxyl groups is 1. The van der Waals surface area contributed by atoms with Crippen molar-refractivity contribution in [2.75, 3.05) is 0 Å². The maximum absolute atomic E-state index is 12.0. The molecular formula is C8H6Br2F2O2. The summed E-state index contributed by atoms with van der Waals surface area (Å²) in [4.78, 5) is 0. The Morgan fingerprint density at radius 3 is 2.50 bits per heavy atom. The summed E-state index contributed by atoms with van der Waals surface area (Å²) < 4.78 is 29.0. The average molecular weight is 332 g/mol. The highest BCUT2D eigenvalue weighted by atomic mass is 79.9. The summed E-state index contributed by atoms with van der Waals surface area (Å²) in [6, 6.07) is 3.14. The van der Waals surface area contributed by atoms with Crippen LogP contribution in [0.25, 0.3) is 0 Å². The van der Waals surface area contributed by atoms with Crippen molar-refractivity contribution in [3.05, 3.63) is 26.6 Å². The number of alkyl halides is 2. The smallest absolute Gasteiger partial charge is 0.387 e. The van der Waals surface area contributed by atoms with Crippen LogP contribution in [0.4, 0.5) is 8.78 Å². The van der Waals surface area contributed by atoms with Gasteiger partial charge < -0.3 is 9.84 Å². The number of ether oxygens (including phenoxy) is 1. The van der Waals surface area contributed by atoms with Crippen LogP contribution in [0.1, 0.15) is 5.56 Å². The lowest BCUT2D eigenvalue weighted by Gasteiger charge is -2.11. The Labute approximate surface area is 96.1 Å². The Bertz CT molecular complexity index is 331. The van der Waals surface area contributed by atoms with E-state index in [1.165, 1.54) is 6.07 Å². The van der Waals surface area contributed by atoms with E-state index in [0.29, 0.717) is 14.5 Å². The van der Waals surface area contributed by atoms with Gasteiger partial charge in [0.25, 0.3) is 0 Å². The SMILES string of the molecule is OCc1ccc(Br)c(OC(F)F)c1Br. The highest BCUT2D eigenvalue weighted by Crippen LogP contribution is 2.36. The molecule has 0 fully saturated rings. The van der Waals surface area contributed by atoms with E-state index < -0.39 is 6.61 Å². The van der Waals surface area contributed by atoms with Crippen LogP contribution in [-0.2, 0) is 6.61 Å². The van der Waals surface area contributed by atoms with Crippen molar-refractivity contribution in [3.63, 3.8) is 0 Å². The molecule has 1 rings (SSSR count). The van der Waals surface area contributed by atoms with Crippen LogP contribution in [-0.4, -0.2) is 11.7 Å². The van der Waals surface area contributed by atoms with Gasteiger partial charge in [-0.15, -0.1) is 0 Å². The third kappa shape index (κ3) is 2.65. The zero-order valence-corrected chi connectivity index (χ0v) is 9.98. The molecule has 0 amide bonds. The molecule has 0 heterocycles. The van der Waals surface area contributed by atoms with Gasteiger partial charge in [0.2, 0.25) is 0 Å². The lowest BCUT2D eigenvalue weighted by atomic mass is 10.2. The molecule has 1 aromatic rings. The number of aliphatic hydroxyl groups excluding tert-OH is 1. The first-order chi connectivity index (χ1) is 6.56. The van der Waals surface area contributed by atoms with Crippen LogP contribution in [0.15, 0.2) is 21.1 Å². The second-order valence-electron chi connectivity index (χ2n) is 2.39. The molecule has 0 bridgehead atoms. The van der Waals surface area contributed by atoms with E-state index in [1.54, 1.807) is 6.07 Å². The van der Waals surface area contributed by atoms with Gasteiger partial charge in [0, 0.05) is 0 Å². The molecule has 0 spiro atoms. The fraction of sp³-hybridized carbons (Fsp3) is 0.250. The zero-order valence-electron chi connectivity index (χ0n) is 6.81. The van der Waals surface area contributed by atoms with Gasteiger partial charge in [-0.05, 0) is 43.5 Å². The monoisotopic (exact) mass is 330 g/mol. The first-order valence-corrected chi connectivity index (χ1v) is 5.17. The molecule has 0 aliphatic carbocycles. The van der Waals surface area contributed by atoms with Crippen molar-refractivity contribution in [3.8, 4) is 5.75 Å². The second-order valence-corrected chi connectivity index (χ2v) is 4.03. The van der Waals surface area contributed by atoms with Gasteiger partial charge in [0.05, 0.1) is 15.6 Å². The van der Waals surface area contributed by atoms with Gasteiger partial charge in [-0.3, -0.25) is 0 Å². The van der Waals surface area contributed by atoms with Crippen LogP contribution in [0, 0.1) is 0 Å². The molecule has 0 saturated heterocycles. The summed E-state index contributed by atoms with van der Waals surface area (Å²) in [5.41, 5.74) is 0.490. The largest absolute Gasteiger partial charge is 0.432 e. The number of halogens is 4. The van der Waals surface area contributed by atoms with E-state index in [0.717, 1.165) is 0 Å². The topological polar surface area (TPSA) is 29.5 Å². The maximum atomic E-state index is 12.0. The van der Waals surface area contributed by atoms with E-state index in [-0.39, 0.29) is 12.4 Å². The minimum atomic E-state index is -2.89. The van der Waals surface area contributed by atoms with Crippen LogP contribution in [0.3, 0.4) is 0 Å². The van der Waals surface area contributed by atoms with Crippen molar-refractivity contribution in [2.45, 2.75) is 13.2 Å². The van der Waals surface area contributed by atoms with E-state index in [2.05, 4.69) is 36.6 Å². The average Bonchev–Trinajstić information content (AvgIpc) is 2.12. The molecule has 6 heteroatoms. The lowest BCUT2D eigenvalue weighted by molar-refractivity contribution is -0.0509. The minimum Gasteiger partial charge on any atom is -0.432 e. The zero-order chi connectivity index (χ0) is 10.7. The van der Waals surface area contributed by atoms with Crippen LogP contribution in [0.2, 0.25) is 0 Å². The Kier molecular flexibility index (Phi) is 4.28. The fourth-order valence-electron chi connectivity index (χ4n) is 0.893. The lowest BCUT2D eigenvalue weighted by Crippen LogP contribution is -2.04. The molecule has 0 aliphatic rings. The second kappa shape index (κ2) is 5.04. The quantitative estimate of drug-likeness (QED) is 0.920. The van der Waals surface area contributed by atoms with Crippen LogP contribution >= 0.6 is 31.9 Å². The standard InChI is InChI=1S/C8H6Br2F2O2/c9-5-2-1-4(3-13)6(10)7(5)14-8(11)12/h1-2,8,13H,3H2. The van der Waals surface area contributed by atoms with E-state index in [9.17, 15) is 8.78 Å². The van der Waals surface area contributed by atoms with Crippen molar-refractivity contribution in [1.82, 2.24) is 0 Å². The molecule has 78 valence electrons. The molecular weight excluding hydrogens is 326 g/mol. The molecule has 1 N–H and O–H groups in total. The molecule has 1 aromatic carbocycles. The number of hydrogen-bond acceptors (Lipinski definition) is 2. The third-order valence-corrected chi connectivity index (χ3v) is 3.00. The number of hydrogen-bond donors (Lipinski definition) is 1. The van der Waals surface area contributed by atoms with Crippen molar-refractivity contribution in [1.29, 1.82) is 0 Å². The van der Waals surface area contributed by atoms with E-state index in [4.69, 9.17) is 5.11 Å². The van der Waals surface area contributed by atoms with Crippen molar-refractivity contribution >= 4 is 31.9 Å². The first-order valence-electron chi connectivity index (χ1n) is 3.58. The molecule has 14 heavy (non-hydrogen) atoms. The molecule has 0 aliphatic heterocycles. The van der Waals surface area contributed by atoms with Gasteiger partial charge in [-0.25, -0.2) is 0 Å². The predicted molar refractivity (Wildman–Crippen MR) is 54.4 cm³/mol. The summed E-state index contributed by atoms with van der Waals surface area (Å²) in [6.07, 6.45) is 0. The fourth-order valence-corrected chi connectivity index (χ4v) is 2.15. The van der Waals surface area contributed by atoms with Gasteiger partial charge in [-0.1, -0.05) is 6.07 Å². The minimum absolute atomic E-state index is 0.00782. The molecule has 0 radical (unpaired) electrons. The summed E-state index contributed by atoms with van der Waals surface area (Å²) >= 11 is 6.14. The Hall–Kier alpha value is -0.200. The summed E-state index contributed by atoms with van der Waals surface area (Å²) in [7, 11) is 0. The number of benzene rings is 1. The predicted octanol–water partition coefficient (Wildman–Crippen LogP) is 3.31. The van der Waals surface area contributed by atoms with Gasteiger partial charge in [0.15, 0.2) is 5.75 Å².